The Morgan fingerprint density at radius 1 is 1.12 bits per heavy atom. The average Bonchev–Trinajstić information content (AvgIpc) is 3.13. The summed E-state index contributed by atoms with van der Waals surface area (Å²) in [6, 6.07) is 6.06. The lowest BCUT2D eigenvalue weighted by atomic mass is 9.77. The van der Waals surface area contributed by atoms with Crippen molar-refractivity contribution in [2.45, 2.75) is 63.8 Å². The molecule has 3 N–H and O–H groups in total. The van der Waals surface area contributed by atoms with Gasteiger partial charge in [0.25, 0.3) is 0 Å². The maximum absolute atomic E-state index is 12.6. The number of aromatic nitrogens is 1. The summed E-state index contributed by atoms with van der Waals surface area (Å²) in [6.45, 7) is 0.787. The Balaban J connectivity index is 1.65. The van der Waals surface area contributed by atoms with Gasteiger partial charge in [-0.25, -0.2) is 0 Å². The molecule has 0 spiro atoms. The molecular formula is C20H31N3O. The zero-order valence-electron chi connectivity index (χ0n) is 14.6. The molecule has 1 aromatic heterocycles. The molecule has 0 saturated heterocycles. The van der Waals surface area contributed by atoms with Gasteiger partial charge in [0.1, 0.15) is 0 Å². The maximum atomic E-state index is 12.6. The Morgan fingerprint density at radius 2 is 1.88 bits per heavy atom. The van der Waals surface area contributed by atoms with Crippen LogP contribution in [-0.2, 0) is 4.79 Å². The molecule has 0 aromatic carbocycles. The first kappa shape index (κ1) is 17.4. The van der Waals surface area contributed by atoms with E-state index in [0.29, 0.717) is 24.2 Å². The SMILES string of the molecule is NCC1CCC([C@@H](NC(=O)CC2CCCC2)c2ccccn2)CC1. The second-order valence-electron chi connectivity index (χ2n) is 7.67. The van der Waals surface area contributed by atoms with E-state index >= 15 is 0 Å². The maximum Gasteiger partial charge on any atom is 0.220 e. The van der Waals surface area contributed by atoms with Gasteiger partial charge < -0.3 is 11.1 Å². The predicted molar refractivity (Wildman–Crippen MR) is 96.2 cm³/mol. The van der Waals surface area contributed by atoms with Gasteiger partial charge in [-0.2, -0.15) is 0 Å². The van der Waals surface area contributed by atoms with E-state index in [1.807, 2.05) is 18.3 Å². The summed E-state index contributed by atoms with van der Waals surface area (Å²) in [5, 5.41) is 3.33. The average molecular weight is 329 g/mol. The van der Waals surface area contributed by atoms with Crippen LogP contribution in [0, 0.1) is 17.8 Å². The molecular weight excluding hydrogens is 298 g/mol. The second kappa shape index (κ2) is 8.61. The number of nitrogens with zero attached hydrogens (tertiary/aromatic N) is 1. The highest BCUT2D eigenvalue weighted by Gasteiger charge is 2.30. The first-order valence-corrected chi connectivity index (χ1v) is 9.66. The monoisotopic (exact) mass is 329 g/mol. The number of carbonyl (C=O) groups excluding carboxylic acids is 1. The van der Waals surface area contributed by atoms with Crippen molar-refractivity contribution in [3.8, 4) is 0 Å². The highest BCUT2D eigenvalue weighted by molar-refractivity contribution is 5.76. The number of pyridine rings is 1. The highest BCUT2D eigenvalue weighted by Crippen LogP contribution is 2.36. The molecule has 0 aliphatic heterocycles. The third-order valence-corrected chi connectivity index (χ3v) is 5.97. The number of amides is 1. The number of nitrogens with one attached hydrogen (secondary N) is 1. The summed E-state index contributed by atoms with van der Waals surface area (Å²) in [5.74, 6) is 1.93. The minimum absolute atomic E-state index is 0.0545. The molecule has 2 aliphatic rings. The van der Waals surface area contributed by atoms with Crippen LogP contribution in [0.3, 0.4) is 0 Å². The molecule has 3 rings (SSSR count). The summed E-state index contributed by atoms with van der Waals surface area (Å²) in [6.07, 6.45) is 12.1. The molecule has 4 heteroatoms. The van der Waals surface area contributed by atoms with Crippen LogP contribution in [-0.4, -0.2) is 17.4 Å². The molecule has 2 saturated carbocycles. The molecule has 1 atom stereocenters. The van der Waals surface area contributed by atoms with Crippen molar-refractivity contribution in [2.24, 2.45) is 23.5 Å². The van der Waals surface area contributed by atoms with Crippen molar-refractivity contribution >= 4 is 5.91 Å². The van der Waals surface area contributed by atoms with Gasteiger partial charge in [-0.1, -0.05) is 18.9 Å². The standard InChI is InChI=1S/C20H31N3O/c21-14-16-8-10-17(11-9-16)20(18-7-3-4-12-22-18)23-19(24)13-15-5-1-2-6-15/h3-4,7,12,15-17,20H,1-2,5-6,8-11,13-14,21H2,(H,23,24)/t16?,17?,20-/m1/s1. The van der Waals surface area contributed by atoms with Crippen LogP contribution in [0.5, 0.6) is 0 Å². The van der Waals surface area contributed by atoms with Crippen LogP contribution in [0.1, 0.15) is 69.5 Å². The molecule has 0 radical (unpaired) electrons. The zero-order valence-corrected chi connectivity index (χ0v) is 14.6. The Kier molecular flexibility index (Phi) is 6.24. The smallest absolute Gasteiger partial charge is 0.220 e. The minimum atomic E-state index is 0.0545. The fourth-order valence-corrected chi connectivity index (χ4v) is 4.46. The van der Waals surface area contributed by atoms with Crippen LogP contribution >= 0.6 is 0 Å². The first-order chi connectivity index (χ1) is 11.8. The van der Waals surface area contributed by atoms with E-state index in [4.69, 9.17) is 5.73 Å². The lowest BCUT2D eigenvalue weighted by Crippen LogP contribution is -2.37. The zero-order chi connectivity index (χ0) is 16.8. The molecule has 1 amide bonds. The number of nitrogens with two attached hydrogens (primary N) is 1. The molecule has 1 aromatic rings. The van der Waals surface area contributed by atoms with Crippen molar-refractivity contribution in [3.63, 3.8) is 0 Å². The summed E-state index contributed by atoms with van der Waals surface area (Å²) in [7, 11) is 0. The Bertz CT molecular complexity index is 505. The van der Waals surface area contributed by atoms with Gasteiger partial charge in [0.15, 0.2) is 0 Å². The molecule has 0 unspecified atom stereocenters. The molecule has 4 nitrogen and oxygen atoms in total. The summed E-state index contributed by atoms with van der Waals surface area (Å²) >= 11 is 0. The number of hydrogen-bond donors (Lipinski definition) is 2. The van der Waals surface area contributed by atoms with Gasteiger partial charge in [0.2, 0.25) is 5.91 Å². The normalized spacial score (nSPS) is 26.2. The van der Waals surface area contributed by atoms with Crippen molar-refractivity contribution in [1.82, 2.24) is 10.3 Å². The largest absolute Gasteiger partial charge is 0.347 e. The van der Waals surface area contributed by atoms with E-state index in [-0.39, 0.29) is 11.9 Å². The Labute approximate surface area is 145 Å². The molecule has 2 aliphatic carbocycles. The van der Waals surface area contributed by atoms with Crippen molar-refractivity contribution in [3.05, 3.63) is 30.1 Å². The molecule has 0 bridgehead atoms. The number of carbonyl (C=O) groups is 1. The summed E-state index contributed by atoms with van der Waals surface area (Å²) in [4.78, 5) is 17.1. The molecule has 2 fully saturated rings. The van der Waals surface area contributed by atoms with Crippen LogP contribution in [0.4, 0.5) is 0 Å². The van der Waals surface area contributed by atoms with Crippen LogP contribution in [0.25, 0.3) is 0 Å². The van der Waals surface area contributed by atoms with Gasteiger partial charge in [0.05, 0.1) is 11.7 Å². The van der Waals surface area contributed by atoms with Gasteiger partial charge in [0, 0.05) is 12.6 Å². The van der Waals surface area contributed by atoms with E-state index in [2.05, 4.69) is 16.4 Å². The number of rotatable bonds is 6. The lowest BCUT2D eigenvalue weighted by molar-refractivity contribution is -0.123. The van der Waals surface area contributed by atoms with Gasteiger partial charge in [-0.15, -0.1) is 0 Å². The van der Waals surface area contributed by atoms with E-state index < -0.39 is 0 Å². The Hall–Kier alpha value is -1.42. The van der Waals surface area contributed by atoms with E-state index in [0.717, 1.165) is 25.1 Å². The topological polar surface area (TPSA) is 68.0 Å². The van der Waals surface area contributed by atoms with Crippen LogP contribution < -0.4 is 11.1 Å². The fraction of sp³-hybridized carbons (Fsp3) is 0.700. The third kappa shape index (κ3) is 4.56. The van der Waals surface area contributed by atoms with E-state index in [1.54, 1.807) is 0 Å². The predicted octanol–water partition coefficient (Wildman–Crippen LogP) is 3.58. The van der Waals surface area contributed by atoms with Gasteiger partial charge in [-0.3, -0.25) is 9.78 Å². The number of hydrogen-bond acceptors (Lipinski definition) is 3. The van der Waals surface area contributed by atoms with Crippen LogP contribution in [0.2, 0.25) is 0 Å². The highest BCUT2D eigenvalue weighted by atomic mass is 16.1. The molecule has 1 heterocycles. The fourth-order valence-electron chi connectivity index (χ4n) is 4.46. The third-order valence-electron chi connectivity index (χ3n) is 5.97. The quantitative estimate of drug-likeness (QED) is 0.838. The van der Waals surface area contributed by atoms with E-state index in [9.17, 15) is 4.79 Å². The van der Waals surface area contributed by atoms with Crippen molar-refractivity contribution in [2.75, 3.05) is 6.54 Å². The second-order valence-corrected chi connectivity index (χ2v) is 7.67. The molecule has 24 heavy (non-hydrogen) atoms. The first-order valence-electron chi connectivity index (χ1n) is 9.66. The minimum Gasteiger partial charge on any atom is -0.347 e. The van der Waals surface area contributed by atoms with E-state index in [1.165, 1.54) is 38.5 Å². The van der Waals surface area contributed by atoms with Crippen LogP contribution in [0.15, 0.2) is 24.4 Å². The molecule has 132 valence electrons. The van der Waals surface area contributed by atoms with Gasteiger partial charge >= 0.3 is 0 Å². The van der Waals surface area contributed by atoms with Crippen molar-refractivity contribution in [1.29, 1.82) is 0 Å². The summed E-state index contributed by atoms with van der Waals surface area (Å²) in [5.41, 5.74) is 6.83. The van der Waals surface area contributed by atoms with Gasteiger partial charge in [-0.05, 0) is 75.0 Å². The Morgan fingerprint density at radius 3 is 2.50 bits per heavy atom. The van der Waals surface area contributed by atoms with Crippen molar-refractivity contribution < 1.29 is 4.79 Å². The summed E-state index contributed by atoms with van der Waals surface area (Å²) < 4.78 is 0. The lowest BCUT2D eigenvalue weighted by Gasteiger charge is -2.34.